The zero-order valence-electron chi connectivity index (χ0n) is 19.5. The average Bonchev–Trinajstić information content (AvgIpc) is 3.17. The van der Waals surface area contributed by atoms with Gasteiger partial charge in [0, 0.05) is 55.1 Å². The molecule has 3 heterocycles. The first kappa shape index (κ1) is 22.5. The number of nitrogens with one attached hydrogen (secondary N) is 2. The zero-order chi connectivity index (χ0) is 24.7. The molecule has 2 N–H and O–H groups in total. The number of aromatic nitrogens is 1. The molecular weight excluding hydrogens is 446 g/mol. The van der Waals surface area contributed by atoms with E-state index in [1.165, 1.54) is 4.90 Å². The average molecular weight is 472 g/mol. The van der Waals surface area contributed by atoms with E-state index in [0.717, 1.165) is 33.3 Å². The molecule has 0 bridgehead atoms. The lowest BCUT2D eigenvalue weighted by atomic mass is 10.0. The van der Waals surface area contributed by atoms with Crippen LogP contribution < -0.4 is 15.5 Å². The summed E-state index contributed by atoms with van der Waals surface area (Å²) in [6, 6.07) is 12.2. The van der Waals surface area contributed by atoms with E-state index < -0.39 is 11.9 Å². The van der Waals surface area contributed by atoms with Crippen LogP contribution in [0.3, 0.4) is 0 Å². The summed E-state index contributed by atoms with van der Waals surface area (Å²) in [7, 11) is 1.71. The highest BCUT2D eigenvalue weighted by atomic mass is 16.2. The number of pyridine rings is 1. The predicted octanol–water partition coefficient (Wildman–Crippen LogP) is 2.65. The number of piperidine rings is 1. The summed E-state index contributed by atoms with van der Waals surface area (Å²) < 4.78 is 0. The molecule has 0 spiro atoms. The van der Waals surface area contributed by atoms with Crippen molar-refractivity contribution in [3.63, 3.8) is 0 Å². The van der Waals surface area contributed by atoms with Gasteiger partial charge in [0.15, 0.2) is 0 Å². The van der Waals surface area contributed by atoms with Crippen molar-refractivity contribution >= 4 is 40.2 Å². The third-order valence-corrected chi connectivity index (χ3v) is 6.67. The Balaban J connectivity index is 1.25. The molecule has 2 aliphatic rings. The van der Waals surface area contributed by atoms with Gasteiger partial charge in [-0.05, 0) is 54.1 Å². The number of imide groups is 1. The summed E-state index contributed by atoms with van der Waals surface area (Å²) in [4.78, 5) is 56.7. The summed E-state index contributed by atoms with van der Waals surface area (Å²) in [5.41, 5.74) is 3.90. The van der Waals surface area contributed by atoms with E-state index in [1.54, 1.807) is 30.3 Å². The molecule has 3 aromatic rings. The van der Waals surface area contributed by atoms with Crippen LogP contribution in [-0.4, -0.2) is 46.7 Å². The van der Waals surface area contributed by atoms with Crippen molar-refractivity contribution in [2.24, 2.45) is 0 Å². The van der Waals surface area contributed by atoms with Crippen molar-refractivity contribution in [2.45, 2.75) is 38.9 Å². The summed E-state index contributed by atoms with van der Waals surface area (Å²) in [6.45, 7) is 2.54. The van der Waals surface area contributed by atoms with Crippen molar-refractivity contribution in [3.8, 4) is 0 Å². The second-order valence-corrected chi connectivity index (χ2v) is 8.91. The molecule has 1 unspecified atom stereocenters. The van der Waals surface area contributed by atoms with Gasteiger partial charge in [-0.1, -0.05) is 18.2 Å². The van der Waals surface area contributed by atoms with E-state index in [9.17, 15) is 19.2 Å². The van der Waals surface area contributed by atoms with Gasteiger partial charge < -0.3 is 10.2 Å². The maximum Gasteiger partial charge on any atom is 0.321 e. The van der Waals surface area contributed by atoms with Gasteiger partial charge in [-0.2, -0.15) is 0 Å². The lowest BCUT2D eigenvalue weighted by Crippen LogP contribution is -2.52. The van der Waals surface area contributed by atoms with Crippen LogP contribution in [0.2, 0.25) is 0 Å². The van der Waals surface area contributed by atoms with Gasteiger partial charge in [-0.25, -0.2) is 4.79 Å². The number of fused-ring (bicyclic) bond motifs is 2. The van der Waals surface area contributed by atoms with E-state index >= 15 is 0 Å². The lowest BCUT2D eigenvalue weighted by Gasteiger charge is -2.29. The number of aryl methyl sites for hydroxylation is 1. The van der Waals surface area contributed by atoms with Gasteiger partial charge in [-0.15, -0.1) is 0 Å². The van der Waals surface area contributed by atoms with Gasteiger partial charge in [0.05, 0.1) is 0 Å². The van der Waals surface area contributed by atoms with Gasteiger partial charge in [0.25, 0.3) is 5.91 Å². The van der Waals surface area contributed by atoms with Crippen LogP contribution in [0.5, 0.6) is 0 Å². The molecule has 9 heteroatoms. The SMILES string of the molecule is Cc1nccc2cc(N(C)C(=O)NCc3ccc4c(c3)CN(C3CCC(=O)NC3=O)C4=O)ccc12. The largest absolute Gasteiger partial charge is 0.334 e. The van der Waals surface area contributed by atoms with Crippen LogP contribution in [-0.2, 0) is 22.7 Å². The number of urea groups is 1. The van der Waals surface area contributed by atoms with E-state index in [4.69, 9.17) is 0 Å². The molecule has 0 radical (unpaired) electrons. The Bertz CT molecular complexity index is 1390. The number of hydrogen-bond donors (Lipinski definition) is 2. The second kappa shape index (κ2) is 8.83. The number of amides is 5. The fourth-order valence-corrected chi connectivity index (χ4v) is 4.68. The smallest absolute Gasteiger partial charge is 0.321 e. The molecular formula is C26H25N5O4. The third kappa shape index (κ3) is 4.21. The van der Waals surface area contributed by atoms with Gasteiger partial charge >= 0.3 is 6.03 Å². The van der Waals surface area contributed by atoms with Crippen LogP contribution >= 0.6 is 0 Å². The minimum Gasteiger partial charge on any atom is -0.334 e. The Kier molecular flexibility index (Phi) is 5.68. The van der Waals surface area contributed by atoms with Crippen molar-refractivity contribution in [3.05, 3.63) is 71.0 Å². The number of nitrogens with zero attached hydrogens (tertiary/aromatic N) is 3. The highest BCUT2D eigenvalue weighted by Gasteiger charge is 2.39. The highest BCUT2D eigenvalue weighted by molar-refractivity contribution is 6.05. The number of carbonyl (C=O) groups is 4. The normalized spacial score (nSPS) is 17.4. The number of rotatable bonds is 4. The van der Waals surface area contributed by atoms with Gasteiger partial charge in [-0.3, -0.25) is 29.6 Å². The van der Waals surface area contributed by atoms with Gasteiger partial charge in [0.2, 0.25) is 11.8 Å². The summed E-state index contributed by atoms with van der Waals surface area (Å²) in [5.74, 6) is -0.959. The molecule has 0 aliphatic carbocycles. The first-order valence-electron chi connectivity index (χ1n) is 11.4. The Labute approximate surface area is 202 Å². The Morgan fingerprint density at radius 2 is 2.00 bits per heavy atom. The molecule has 1 atom stereocenters. The van der Waals surface area contributed by atoms with Gasteiger partial charge in [0.1, 0.15) is 6.04 Å². The maximum atomic E-state index is 12.8. The maximum absolute atomic E-state index is 12.8. The quantitative estimate of drug-likeness (QED) is 0.569. The molecule has 0 saturated carbocycles. The minimum atomic E-state index is -0.647. The molecule has 1 fully saturated rings. The van der Waals surface area contributed by atoms with Crippen molar-refractivity contribution in [1.29, 1.82) is 0 Å². The Hall–Kier alpha value is -4.27. The van der Waals surface area contributed by atoms with Crippen LogP contribution in [0.25, 0.3) is 10.8 Å². The Morgan fingerprint density at radius 1 is 1.17 bits per heavy atom. The monoisotopic (exact) mass is 471 g/mol. The minimum absolute atomic E-state index is 0.216. The van der Waals surface area contributed by atoms with E-state index in [-0.39, 0.29) is 24.3 Å². The topological polar surface area (TPSA) is 112 Å². The molecule has 2 aliphatic heterocycles. The molecule has 2 aromatic carbocycles. The summed E-state index contributed by atoms with van der Waals surface area (Å²) in [6.07, 6.45) is 2.29. The molecule has 35 heavy (non-hydrogen) atoms. The van der Waals surface area contributed by atoms with Crippen molar-refractivity contribution in [2.75, 3.05) is 11.9 Å². The summed E-state index contributed by atoms with van der Waals surface area (Å²) >= 11 is 0. The molecule has 178 valence electrons. The summed E-state index contributed by atoms with van der Waals surface area (Å²) in [5, 5.41) is 7.29. The molecule has 1 aromatic heterocycles. The van der Waals surface area contributed by atoms with Crippen molar-refractivity contribution < 1.29 is 19.2 Å². The second-order valence-electron chi connectivity index (χ2n) is 8.91. The molecule has 9 nitrogen and oxygen atoms in total. The van der Waals surface area contributed by atoms with Crippen LogP contribution in [0.1, 0.15) is 40.0 Å². The fourth-order valence-electron chi connectivity index (χ4n) is 4.68. The zero-order valence-corrected chi connectivity index (χ0v) is 19.5. The van der Waals surface area contributed by atoms with Crippen molar-refractivity contribution in [1.82, 2.24) is 20.5 Å². The third-order valence-electron chi connectivity index (χ3n) is 6.67. The predicted molar refractivity (Wildman–Crippen MR) is 130 cm³/mol. The van der Waals surface area contributed by atoms with E-state index in [0.29, 0.717) is 25.1 Å². The number of anilines is 1. The lowest BCUT2D eigenvalue weighted by molar-refractivity contribution is -0.136. The van der Waals surface area contributed by atoms with E-state index in [2.05, 4.69) is 15.6 Å². The van der Waals surface area contributed by atoms with Crippen LogP contribution in [0.4, 0.5) is 10.5 Å². The Morgan fingerprint density at radius 3 is 2.80 bits per heavy atom. The number of benzene rings is 2. The van der Waals surface area contributed by atoms with Crippen LogP contribution in [0, 0.1) is 6.92 Å². The van der Waals surface area contributed by atoms with E-state index in [1.807, 2.05) is 37.3 Å². The van der Waals surface area contributed by atoms with Crippen LogP contribution in [0.15, 0.2) is 48.7 Å². The highest BCUT2D eigenvalue weighted by Crippen LogP contribution is 2.28. The first-order chi connectivity index (χ1) is 16.8. The first-order valence-corrected chi connectivity index (χ1v) is 11.4. The number of hydrogen-bond acceptors (Lipinski definition) is 5. The molecule has 1 saturated heterocycles. The molecule has 5 rings (SSSR count). The molecule has 5 amide bonds. The number of carbonyl (C=O) groups excluding carboxylic acids is 4. The fraction of sp³-hybridized carbons (Fsp3) is 0.269. The standard InChI is InChI=1S/C26H25N5O4/c1-15-20-6-4-19(12-17(20)9-10-27-15)30(2)26(35)28-13-16-3-5-21-18(11-16)14-31(25(21)34)22-7-8-23(32)29-24(22)33/h3-6,9-12,22H,7-8,13-14H2,1-2H3,(H,28,35)(H,29,32,33).